The van der Waals surface area contributed by atoms with Crippen molar-refractivity contribution in [3.63, 3.8) is 0 Å². The van der Waals surface area contributed by atoms with Crippen molar-refractivity contribution in [2.45, 2.75) is 26.8 Å². The van der Waals surface area contributed by atoms with Crippen LogP contribution in [-0.2, 0) is 4.74 Å². The topological polar surface area (TPSA) is 86.1 Å². The van der Waals surface area contributed by atoms with Gasteiger partial charge in [-0.1, -0.05) is 0 Å². The van der Waals surface area contributed by atoms with Gasteiger partial charge in [-0.25, -0.2) is 14.5 Å². The minimum Gasteiger partial charge on any atom is -0.461 e. The number of hydrogen-bond donors (Lipinski definition) is 1. The van der Waals surface area contributed by atoms with Gasteiger partial charge in [-0.05, 0) is 20.8 Å². The van der Waals surface area contributed by atoms with Gasteiger partial charge in [0.1, 0.15) is 11.5 Å². The number of nitrogens with zero attached hydrogens (tertiary/aromatic N) is 3. The third-order valence-electron chi connectivity index (χ3n) is 2.59. The summed E-state index contributed by atoms with van der Waals surface area (Å²) in [6.07, 6.45) is 1.61. The fraction of sp³-hybridized carbons (Fsp3) is 0.385. The highest BCUT2D eigenvalue weighted by atomic mass is 32.1. The van der Waals surface area contributed by atoms with Crippen molar-refractivity contribution in [2.24, 2.45) is 0 Å². The number of aromatic nitrogens is 3. The lowest BCUT2D eigenvalue weighted by Gasteiger charge is -2.10. The number of ether oxygens (including phenoxy) is 1. The zero-order chi connectivity index (χ0) is 15.4. The van der Waals surface area contributed by atoms with Gasteiger partial charge >= 0.3 is 5.97 Å². The van der Waals surface area contributed by atoms with Gasteiger partial charge in [0.05, 0.1) is 12.8 Å². The zero-order valence-corrected chi connectivity index (χ0v) is 12.8. The molecule has 1 amide bonds. The molecule has 7 nitrogen and oxygen atoms in total. The summed E-state index contributed by atoms with van der Waals surface area (Å²) in [6, 6.07) is 1.83. The quantitative estimate of drug-likeness (QED) is 0.857. The Bertz CT molecular complexity index is 647. The number of hydrogen-bond acceptors (Lipinski definition) is 6. The van der Waals surface area contributed by atoms with Crippen molar-refractivity contribution in [3.05, 3.63) is 28.3 Å². The molecule has 0 aromatic carbocycles. The Morgan fingerprint density at radius 1 is 1.48 bits per heavy atom. The lowest BCUT2D eigenvalue weighted by Crippen LogP contribution is -2.17. The Labute approximate surface area is 125 Å². The van der Waals surface area contributed by atoms with Crippen LogP contribution in [0.4, 0.5) is 5.82 Å². The number of anilines is 1. The number of esters is 1. The van der Waals surface area contributed by atoms with Gasteiger partial charge in [0.15, 0.2) is 0 Å². The Kier molecular flexibility index (Phi) is 4.69. The molecule has 21 heavy (non-hydrogen) atoms. The van der Waals surface area contributed by atoms with Crippen LogP contribution >= 0.6 is 11.3 Å². The van der Waals surface area contributed by atoms with Crippen molar-refractivity contribution < 1.29 is 14.3 Å². The number of rotatable bonds is 5. The van der Waals surface area contributed by atoms with Gasteiger partial charge in [0.2, 0.25) is 5.01 Å². The second-order valence-electron chi connectivity index (χ2n) is 4.47. The van der Waals surface area contributed by atoms with Gasteiger partial charge in [0, 0.05) is 17.5 Å². The van der Waals surface area contributed by atoms with E-state index in [2.05, 4.69) is 15.4 Å². The van der Waals surface area contributed by atoms with Crippen LogP contribution < -0.4 is 5.32 Å². The van der Waals surface area contributed by atoms with Gasteiger partial charge in [-0.15, -0.1) is 11.3 Å². The number of carbonyl (C=O) groups is 2. The lowest BCUT2D eigenvalue weighted by molar-refractivity contribution is 0.0526. The maximum absolute atomic E-state index is 12.1. The fourth-order valence-electron chi connectivity index (χ4n) is 1.67. The molecule has 2 aromatic rings. The van der Waals surface area contributed by atoms with Crippen LogP contribution in [0.1, 0.15) is 47.1 Å². The molecule has 0 saturated carbocycles. The summed E-state index contributed by atoms with van der Waals surface area (Å²) >= 11 is 1.08. The Hall–Kier alpha value is -2.22. The number of thiazole rings is 1. The van der Waals surface area contributed by atoms with Crippen molar-refractivity contribution in [3.8, 4) is 0 Å². The normalized spacial score (nSPS) is 10.7. The van der Waals surface area contributed by atoms with E-state index in [0.717, 1.165) is 11.3 Å². The molecule has 0 atom stereocenters. The Balaban J connectivity index is 2.10. The molecule has 2 aromatic heterocycles. The summed E-state index contributed by atoms with van der Waals surface area (Å²) in [5.41, 5.74) is 0.180. The van der Waals surface area contributed by atoms with E-state index in [1.165, 1.54) is 5.38 Å². The van der Waals surface area contributed by atoms with Crippen LogP contribution in [0.15, 0.2) is 17.6 Å². The SMILES string of the molecule is CCOC(=O)c1nc(C(=O)Nc2ccnn2C(C)C)cs1. The predicted octanol–water partition coefficient (Wildman–Crippen LogP) is 2.35. The molecule has 1 N–H and O–H groups in total. The smallest absolute Gasteiger partial charge is 0.367 e. The maximum atomic E-state index is 12.1. The van der Waals surface area contributed by atoms with Crippen molar-refractivity contribution in [2.75, 3.05) is 11.9 Å². The van der Waals surface area contributed by atoms with Crippen LogP contribution in [0.3, 0.4) is 0 Å². The highest BCUT2D eigenvalue weighted by molar-refractivity contribution is 7.11. The first-order chi connectivity index (χ1) is 10.0. The largest absolute Gasteiger partial charge is 0.461 e. The molecular formula is C13H16N4O3S. The Morgan fingerprint density at radius 3 is 2.90 bits per heavy atom. The summed E-state index contributed by atoms with van der Waals surface area (Å²) in [6.45, 7) is 5.91. The average Bonchev–Trinajstić information content (AvgIpc) is 3.07. The molecule has 0 saturated heterocycles. The van der Waals surface area contributed by atoms with Crippen LogP contribution in [-0.4, -0.2) is 33.2 Å². The minimum absolute atomic E-state index is 0.126. The molecule has 0 aliphatic rings. The average molecular weight is 308 g/mol. The molecule has 2 rings (SSSR count). The summed E-state index contributed by atoms with van der Waals surface area (Å²) in [5, 5.41) is 8.55. The minimum atomic E-state index is -0.520. The van der Waals surface area contributed by atoms with Crippen LogP contribution in [0, 0.1) is 0 Å². The molecular weight excluding hydrogens is 292 g/mol. The third kappa shape index (κ3) is 3.46. The van der Waals surface area contributed by atoms with E-state index in [-0.39, 0.29) is 29.3 Å². The summed E-state index contributed by atoms with van der Waals surface area (Å²) in [7, 11) is 0. The molecule has 0 aliphatic carbocycles. The zero-order valence-electron chi connectivity index (χ0n) is 12.0. The number of nitrogens with one attached hydrogen (secondary N) is 1. The van der Waals surface area contributed by atoms with Gasteiger partial charge in [0.25, 0.3) is 5.91 Å². The second kappa shape index (κ2) is 6.49. The van der Waals surface area contributed by atoms with Crippen molar-refractivity contribution >= 4 is 29.0 Å². The molecule has 112 valence electrons. The van der Waals surface area contributed by atoms with Gasteiger partial charge in [-0.2, -0.15) is 5.10 Å². The molecule has 0 bridgehead atoms. The fourth-order valence-corrected chi connectivity index (χ4v) is 2.36. The first-order valence-electron chi connectivity index (χ1n) is 6.50. The van der Waals surface area contributed by atoms with E-state index < -0.39 is 5.97 Å². The molecule has 0 spiro atoms. The first kappa shape index (κ1) is 15.2. The molecule has 2 heterocycles. The van der Waals surface area contributed by atoms with E-state index in [1.807, 2.05) is 13.8 Å². The van der Waals surface area contributed by atoms with Crippen LogP contribution in [0.25, 0.3) is 0 Å². The molecule has 0 fully saturated rings. The van der Waals surface area contributed by atoms with Crippen molar-refractivity contribution in [1.82, 2.24) is 14.8 Å². The molecule has 0 unspecified atom stereocenters. The van der Waals surface area contributed by atoms with E-state index in [4.69, 9.17) is 4.74 Å². The molecule has 8 heteroatoms. The monoisotopic (exact) mass is 308 g/mol. The predicted molar refractivity (Wildman–Crippen MR) is 78.6 cm³/mol. The lowest BCUT2D eigenvalue weighted by atomic mass is 10.4. The summed E-state index contributed by atoms with van der Waals surface area (Å²) in [5.74, 6) is -0.321. The highest BCUT2D eigenvalue weighted by Gasteiger charge is 2.17. The summed E-state index contributed by atoms with van der Waals surface area (Å²) < 4.78 is 6.53. The first-order valence-corrected chi connectivity index (χ1v) is 7.38. The van der Waals surface area contributed by atoms with Gasteiger partial charge in [-0.3, -0.25) is 4.79 Å². The standard InChI is InChI=1S/C13H16N4O3S/c1-4-20-13(19)12-15-9(7-21-12)11(18)16-10-5-6-14-17(10)8(2)3/h5-8H,4H2,1-3H3,(H,16,18). The van der Waals surface area contributed by atoms with E-state index >= 15 is 0 Å². The highest BCUT2D eigenvalue weighted by Crippen LogP contribution is 2.16. The third-order valence-corrected chi connectivity index (χ3v) is 3.41. The summed E-state index contributed by atoms with van der Waals surface area (Å²) in [4.78, 5) is 27.6. The number of carbonyl (C=O) groups excluding carboxylic acids is 2. The van der Waals surface area contributed by atoms with E-state index in [0.29, 0.717) is 5.82 Å². The van der Waals surface area contributed by atoms with Gasteiger partial charge < -0.3 is 10.1 Å². The van der Waals surface area contributed by atoms with Crippen LogP contribution in [0.5, 0.6) is 0 Å². The molecule has 0 aliphatic heterocycles. The number of amides is 1. The van der Waals surface area contributed by atoms with Crippen LogP contribution in [0.2, 0.25) is 0 Å². The van der Waals surface area contributed by atoms with E-state index in [1.54, 1.807) is 23.9 Å². The van der Waals surface area contributed by atoms with Crippen molar-refractivity contribution in [1.29, 1.82) is 0 Å². The molecule has 0 radical (unpaired) electrons. The second-order valence-corrected chi connectivity index (χ2v) is 5.33. The van der Waals surface area contributed by atoms with E-state index in [9.17, 15) is 9.59 Å². The maximum Gasteiger partial charge on any atom is 0.367 e. The Morgan fingerprint density at radius 2 is 2.24 bits per heavy atom.